The molecule has 0 amide bonds. The molecule has 0 aromatic carbocycles. The fourth-order valence-corrected chi connectivity index (χ4v) is 3.05. The predicted octanol–water partition coefficient (Wildman–Crippen LogP) is 3.63. The molecular weight excluding hydrogens is 265 g/mol. The number of aromatic amines is 1. The molecule has 2 rings (SSSR count). The maximum absolute atomic E-state index is 6.07. The van der Waals surface area contributed by atoms with Crippen molar-refractivity contribution in [2.75, 3.05) is 0 Å². The number of imidazole rings is 1. The summed E-state index contributed by atoms with van der Waals surface area (Å²) in [6.45, 7) is 2.73. The van der Waals surface area contributed by atoms with E-state index in [0.29, 0.717) is 10.9 Å². The van der Waals surface area contributed by atoms with Gasteiger partial charge < -0.3 is 10.3 Å². The van der Waals surface area contributed by atoms with Gasteiger partial charge in [-0.2, -0.15) is 0 Å². The minimum Gasteiger partial charge on any atom is -0.348 e. The molecule has 0 radical (unpaired) electrons. The van der Waals surface area contributed by atoms with Gasteiger partial charge in [0.1, 0.15) is 5.82 Å². The van der Waals surface area contributed by atoms with E-state index in [2.05, 4.69) is 15.3 Å². The van der Waals surface area contributed by atoms with Gasteiger partial charge >= 0.3 is 0 Å². The van der Waals surface area contributed by atoms with Crippen LogP contribution in [-0.4, -0.2) is 9.97 Å². The zero-order chi connectivity index (χ0) is 11.5. The molecule has 2 heterocycles. The summed E-state index contributed by atoms with van der Waals surface area (Å²) in [6, 6.07) is 2.05. The lowest BCUT2D eigenvalue weighted by molar-refractivity contribution is 0.563. The van der Waals surface area contributed by atoms with Gasteiger partial charge in [0.2, 0.25) is 0 Å². The van der Waals surface area contributed by atoms with Crippen LogP contribution in [0.4, 0.5) is 0 Å². The number of nitrogens with one attached hydrogen (secondary N) is 2. The SMILES string of the molecule is CC(NCc1ncc[nH]1)c1cc(Cl)sc1Cl. The number of rotatable bonds is 4. The first-order valence-electron chi connectivity index (χ1n) is 4.83. The van der Waals surface area contributed by atoms with E-state index >= 15 is 0 Å². The third-order valence-corrected chi connectivity index (χ3v) is 3.80. The summed E-state index contributed by atoms with van der Waals surface area (Å²) in [4.78, 5) is 7.17. The lowest BCUT2D eigenvalue weighted by Gasteiger charge is -2.11. The summed E-state index contributed by atoms with van der Waals surface area (Å²) in [6.07, 6.45) is 3.53. The summed E-state index contributed by atoms with van der Waals surface area (Å²) in [5.41, 5.74) is 1.03. The van der Waals surface area contributed by atoms with Crippen molar-refractivity contribution in [1.29, 1.82) is 0 Å². The van der Waals surface area contributed by atoms with E-state index in [9.17, 15) is 0 Å². The first kappa shape index (κ1) is 11.9. The number of halogens is 2. The van der Waals surface area contributed by atoms with Gasteiger partial charge in [0.05, 0.1) is 15.2 Å². The monoisotopic (exact) mass is 275 g/mol. The molecule has 0 aliphatic carbocycles. The standard InChI is InChI=1S/C10H11Cl2N3S/c1-6(7-4-8(11)16-10(7)12)15-5-9-13-2-3-14-9/h2-4,6,15H,5H2,1H3,(H,13,14). The van der Waals surface area contributed by atoms with Crippen LogP contribution in [0.3, 0.4) is 0 Å². The van der Waals surface area contributed by atoms with E-state index in [0.717, 1.165) is 15.7 Å². The molecule has 2 N–H and O–H groups in total. The third kappa shape index (κ3) is 2.77. The zero-order valence-corrected chi connectivity index (χ0v) is 11.0. The minimum atomic E-state index is 0.154. The Balaban J connectivity index is 1.98. The molecule has 0 spiro atoms. The normalized spacial score (nSPS) is 12.9. The average molecular weight is 276 g/mol. The van der Waals surface area contributed by atoms with Crippen LogP contribution in [0.25, 0.3) is 0 Å². The van der Waals surface area contributed by atoms with Gasteiger partial charge in [0, 0.05) is 18.4 Å². The first-order valence-corrected chi connectivity index (χ1v) is 6.40. The second-order valence-corrected chi connectivity index (χ2v) is 5.70. The Kier molecular flexibility index (Phi) is 3.86. The summed E-state index contributed by atoms with van der Waals surface area (Å²) < 4.78 is 1.45. The van der Waals surface area contributed by atoms with E-state index < -0.39 is 0 Å². The van der Waals surface area contributed by atoms with Gasteiger partial charge in [-0.25, -0.2) is 4.98 Å². The Labute approximate surface area is 108 Å². The highest BCUT2D eigenvalue weighted by Gasteiger charge is 2.12. The van der Waals surface area contributed by atoms with E-state index in [1.165, 1.54) is 11.3 Å². The smallest absolute Gasteiger partial charge is 0.120 e. The minimum absolute atomic E-state index is 0.154. The Hall–Kier alpha value is -0.550. The van der Waals surface area contributed by atoms with Gasteiger partial charge in [-0.3, -0.25) is 0 Å². The Morgan fingerprint density at radius 3 is 2.94 bits per heavy atom. The van der Waals surface area contributed by atoms with Crippen LogP contribution in [-0.2, 0) is 6.54 Å². The van der Waals surface area contributed by atoms with Crippen molar-refractivity contribution in [2.24, 2.45) is 0 Å². The quantitative estimate of drug-likeness (QED) is 0.895. The number of hydrogen-bond acceptors (Lipinski definition) is 3. The van der Waals surface area contributed by atoms with Crippen LogP contribution in [0.1, 0.15) is 24.4 Å². The fraction of sp³-hybridized carbons (Fsp3) is 0.300. The zero-order valence-electron chi connectivity index (χ0n) is 8.63. The van der Waals surface area contributed by atoms with Crippen LogP contribution in [0.15, 0.2) is 18.5 Å². The molecular formula is C10H11Cl2N3S. The maximum atomic E-state index is 6.07. The van der Waals surface area contributed by atoms with Gasteiger partial charge in [0.25, 0.3) is 0 Å². The molecule has 1 unspecified atom stereocenters. The van der Waals surface area contributed by atoms with Crippen molar-refractivity contribution >= 4 is 34.5 Å². The lowest BCUT2D eigenvalue weighted by Crippen LogP contribution is -2.18. The Morgan fingerprint density at radius 2 is 2.38 bits per heavy atom. The number of nitrogens with zero attached hydrogens (tertiary/aromatic N) is 1. The van der Waals surface area contributed by atoms with E-state index in [1.807, 2.05) is 13.0 Å². The molecule has 1 atom stereocenters. The molecule has 0 aliphatic rings. The van der Waals surface area contributed by atoms with Crippen molar-refractivity contribution in [3.63, 3.8) is 0 Å². The maximum Gasteiger partial charge on any atom is 0.120 e. The third-order valence-electron chi connectivity index (χ3n) is 2.28. The number of thiophene rings is 1. The Morgan fingerprint density at radius 1 is 1.56 bits per heavy atom. The first-order chi connectivity index (χ1) is 7.66. The number of H-pyrrole nitrogens is 1. The van der Waals surface area contributed by atoms with Crippen LogP contribution in [0.2, 0.25) is 8.67 Å². The van der Waals surface area contributed by atoms with Gasteiger partial charge in [-0.05, 0) is 18.6 Å². The molecule has 0 fully saturated rings. The second-order valence-electron chi connectivity index (χ2n) is 3.42. The Bertz CT molecular complexity index is 453. The highest BCUT2D eigenvalue weighted by Crippen LogP contribution is 2.34. The molecule has 2 aromatic heterocycles. The molecule has 16 heavy (non-hydrogen) atoms. The molecule has 0 bridgehead atoms. The van der Waals surface area contributed by atoms with Crippen molar-refractivity contribution in [3.8, 4) is 0 Å². The molecule has 2 aromatic rings. The highest BCUT2D eigenvalue weighted by molar-refractivity contribution is 7.20. The van der Waals surface area contributed by atoms with Gasteiger partial charge in [-0.15, -0.1) is 11.3 Å². The number of hydrogen-bond donors (Lipinski definition) is 2. The van der Waals surface area contributed by atoms with Crippen LogP contribution in [0, 0.1) is 0 Å². The van der Waals surface area contributed by atoms with Crippen LogP contribution in [0.5, 0.6) is 0 Å². The van der Waals surface area contributed by atoms with Crippen LogP contribution < -0.4 is 5.32 Å². The molecule has 3 nitrogen and oxygen atoms in total. The fourth-order valence-electron chi connectivity index (χ4n) is 1.40. The highest BCUT2D eigenvalue weighted by atomic mass is 35.5. The molecule has 86 valence electrons. The molecule has 0 saturated heterocycles. The van der Waals surface area contributed by atoms with Gasteiger partial charge in [-0.1, -0.05) is 23.2 Å². The number of aromatic nitrogens is 2. The van der Waals surface area contributed by atoms with Crippen molar-refractivity contribution in [3.05, 3.63) is 38.5 Å². The van der Waals surface area contributed by atoms with Gasteiger partial charge in [0.15, 0.2) is 0 Å². The van der Waals surface area contributed by atoms with Crippen molar-refractivity contribution in [2.45, 2.75) is 19.5 Å². The lowest BCUT2D eigenvalue weighted by atomic mass is 10.2. The predicted molar refractivity (Wildman–Crippen MR) is 68.2 cm³/mol. The van der Waals surface area contributed by atoms with E-state index in [4.69, 9.17) is 23.2 Å². The molecule has 6 heteroatoms. The van der Waals surface area contributed by atoms with Crippen LogP contribution >= 0.6 is 34.5 Å². The summed E-state index contributed by atoms with van der Waals surface area (Å²) in [5.74, 6) is 0.907. The molecule has 0 aliphatic heterocycles. The van der Waals surface area contributed by atoms with Crippen molar-refractivity contribution < 1.29 is 0 Å². The topological polar surface area (TPSA) is 40.7 Å². The summed E-state index contributed by atoms with van der Waals surface area (Å²) >= 11 is 13.4. The van der Waals surface area contributed by atoms with E-state index in [-0.39, 0.29) is 6.04 Å². The summed E-state index contributed by atoms with van der Waals surface area (Å²) in [5, 5.41) is 3.33. The van der Waals surface area contributed by atoms with E-state index in [1.54, 1.807) is 12.4 Å². The molecule has 0 saturated carbocycles. The average Bonchev–Trinajstić information content (AvgIpc) is 2.84. The summed E-state index contributed by atoms with van der Waals surface area (Å²) in [7, 11) is 0. The second kappa shape index (κ2) is 5.19. The largest absolute Gasteiger partial charge is 0.348 e. The van der Waals surface area contributed by atoms with Crippen molar-refractivity contribution in [1.82, 2.24) is 15.3 Å².